The van der Waals surface area contributed by atoms with E-state index < -0.39 is 0 Å². The van der Waals surface area contributed by atoms with Crippen molar-refractivity contribution in [1.82, 2.24) is 5.32 Å². The Morgan fingerprint density at radius 2 is 1.35 bits per heavy atom. The van der Waals surface area contributed by atoms with Gasteiger partial charge >= 0.3 is 0 Å². The van der Waals surface area contributed by atoms with Crippen molar-refractivity contribution in [3.63, 3.8) is 0 Å². The average Bonchev–Trinajstić information content (AvgIpc) is 2.35. The molecular weight excluding hydrogens is 206 g/mol. The minimum absolute atomic E-state index is 0.932. The molecule has 0 saturated carbocycles. The first-order valence-corrected chi connectivity index (χ1v) is 8.02. The maximum Gasteiger partial charge on any atom is -0.00489 e. The summed E-state index contributed by atoms with van der Waals surface area (Å²) in [5.74, 6) is 0.932. The molecule has 17 heavy (non-hydrogen) atoms. The van der Waals surface area contributed by atoms with Crippen molar-refractivity contribution >= 4 is 0 Å². The first-order valence-electron chi connectivity index (χ1n) is 8.02. The summed E-state index contributed by atoms with van der Waals surface area (Å²) in [5.41, 5.74) is 0. The van der Waals surface area contributed by atoms with Crippen LogP contribution in [0.25, 0.3) is 0 Å². The molecule has 0 fully saturated rings. The van der Waals surface area contributed by atoms with Gasteiger partial charge in [-0.25, -0.2) is 0 Å². The third kappa shape index (κ3) is 13.9. The quantitative estimate of drug-likeness (QED) is 0.440. The molecule has 1 unspecified atom stereocenters. The van der Waals surface area contributed by atoms with Crippen LogP contribution < -0.4 is 5.32 Å². The molecule has 0 amide bonds. The molecule has 0 spiro atoms. The van der Waals surface area contributed by atoms with Gasteiger partial charge in [-0.15, -0.1) is 0 Å². The molecule has 1 heteroatoms. The highest BCUT2D eigenvalue weighted by Crippen LogP contribution is 2.11. The van der Waals surface area contributed by atoms with Crippen LogP contribution in [-0.4, -0.2) is 13.1 Å². The van der Waals surface area contributed by atoms with Gasteiger partial charge < -0.3 is 5.32 Å². The van der Waals surface area contributed by atoms with Gasteiger partial charge in [0.15, 0.2) is 0 Å². The van der Waals surface area contributed by atoms with Gasteiger partial charge in [-0.1, -0.05) is 72.1 Å². The first kappa shape index (κ1) is 17.0. The molecule has 0 heterocycles. The van der Waals surface area contributed by atoms with Crippen LogP contribution in [-0.2, 0) is 0 Å². The highest BCUT2D eigenvalue weighted by atomic mass is 14.8. The molecule has 0 saturated heterocycles. The van der Waals surface area contributed by atoms with Crippen molar-refractivity contribution in [2.75, 3.05) is 13.1 Å². The van der Waals surface area contributed by atoms with Gasteiger partial charge in [0.2, 0.25) is 0 Å². The van der Waals surface area contributed by atoms with E-state index in [0.29, 0.717) is 0 Å². The van der Waals surface area contributed by atoms with Crippen LogP contribution in [0.15, 0.2) is 0 Å². The van der Waals surface area contributed by atoms with Crippen LogP contribution in [0, 0.1) is 5.92 Å². The monoisotopic (exact) mass is 241 g/mol. The van der Waals surface area contributed by atoms with E-state index in [1.807, 2.05) is 0 Å². The highest BCUT2D eigenvalue weighted by Gasteiger charge is 1.97. The summed E-state index contributed by atoms with van der Waals surface area (Å²) in [6.45, 7) is 9.40. The first-order chi connectivity index (χ1) is 8.31. The second-order valence-corrected chi connectivity index (χ2v) is 5.53. The Kier molecular flexibility index (Phi) is 14.0. The molecule has 1 nitrogen and oxygen atoms in total. The van der Waals surface area contributed by atoms with Crippen LogP contribution >= 0.6 is 0 Å². The molecule has 0 bridgehead atoms. The predicted molar refractivity (Wildman–Crippen MR) is 79.6 cm³/mol. The Hall–Kier alpha value is -0.0400. The second-order valence-electron chi connectivity index (χ2n) is 5.53. The average molecular weight is 241 g/mol. The summed E-state index contributed by atoms with van der Waals surface area (Å²) >= 11 is 0. The summed E-state index contributed by atoms with van der Waals surface area (Å²) in [5, 5.41) is 3.56. The van der Waals surface area contributed by atoms with E-state index in [2.05, 4.69) is 26.1 Å². The molecular formula is C16H35N. The van der Waals surface area contributed by atoms with Gasteiger partial charge in [-0.3, -0.25) is 0 Å². The molecule has 0 aromatic heterocycles. The lowest BCUT2D eigenvalue weighted by Crippen LogP contribution is -2.16. The standard InChI is InChI=1S/C16H35N/c1-4-6-7-8-11-14-17-15-12-9-10-13-16(3)5-2/h16-17H,4-15H2,1-3H3. The maximum absolute atomic E-state index is 3.56. The number of hydrogen-bond acceptors (Lipinski definition) is 1. The van der Waals surface area contributed by atoms with E-state index in [1.54, 1.807) is 0 Å². The van der Waals surface area contributed by atoms with E-state index in [9.17, 15) is 0 Å². The normalized spacial score (nSPS) is 12.9. The minimum atomic E-state index is 0.932. The fourth-order valence-electron chi connectivity index (χ4n) is 2.10. The lowest BCUT2D eigenvalue weighted by Gasteiger charge is -2.08. The third-order valence-corrected chi connectivity index (χ3v) is 3.70. The Balaban J connectivity index is 2.94. The smallest absolute Gasteiger partial charge is 0.00489 e. The van der Waals surface area contributed by atoms with Crippen molar-refractivity contribution in [1.29, 1.82) is 0 Å². The Bertz CT molecular complexity index is 133. The molecule has 0 aromatic carbocycles. The fourth-order valence-corrected chi connectivity index (χ4v) is 2.10. The molecule has 104 valence electrons. The fraction of sp³-hybridized carbons (Fsp3) is 1.00. The zero-order chi connectivity index (χ0) is 12.8. The van der Waals surface area contributed by atoms with Crippen molar-refractivity contribution in [3.8, 4) is 0 Å². The van der Waals surface area contributed by atoms with Crippen molar-refractivity contribution in [2.24, 2.45) is 5.92 Å². The van der Waals surface area contributed by atoms with E-state index in [0.717, 1.165) is 5.92 Å². The summed E-state index contributed by atoms with van der Waals surface area (Å²) in [6, 6.07) is 0. The second kappa shape index (κ2) is 14.0. The molecule has 1 atom stereocenters. The van der Waals surface area contributed by atoms with Gasteiger partial charge in [-0.05, 0) is 31.8 Å². The molecule has 0 aliphatic rings. The van der Waals surface area contributed by atoms with E-state index in [1.165, 1.54) is 77.3 Å². The SMILES string of the molecule is CCCCCCCNCCCCCC(C)CC. The molecule has 0 aromatic rings. The van der Waals surface area contributed by atoms with Crippen LogP contribution in [0.1, 0.15) is 85.0 Å². The predicted octanol–water partition coefficient (Wildman–Crippen LogP) is 5.15. The zero-order valence-corrected chi connectivity index (χ0v) is 12.6. The molecule has 0 aliphatic carbocycles. The van der Waals surface area contributed by atoms with Gasteiger partial charge in [0.05, 0.1) is 0 Å². The van der Waals surface area contributed by atoms with Gasteiger partial charge in [0, 0.05) is 0 Å². The number of hydrogen-bond donors (Lipinski definition) is 1. The van der Waals surface area contributed by atoms with Crippen LogP contribution in [0.4, 0.5) is 0 Å². The summed E-state index contributed by atoms with van der Waals surface area (Å²) in [6.07, 6.45) is 13.9. The van der Waals surface area contributed by atoms with Crippen LogP contribution in [0.5, 0.6) is 0 Å². The molecule has 0 aliphatic heterocycles. The van der Waals surface area contributed by atoms with Crippen LogP contribution in [0.2, 0.25) is 0 Å². The van der Waals surface area contributed by atoms with Crippen molar-refractivity contribution in [3.05, 3.63) is 0 Å². The third-order valence-electron chi connectivity index (χ3n) is 3.70. The minimum Gasteiger partial charge on any atom is -0.317 e. The van der Waals surface area contributed by atoms with Gasteiger partial charge in [-0.2, -0.15) is 0 Å². The highest BCUT2D eigenvalue weighted by molar-refractivity contribution is 4.53. The summed E-state index contributed by atoms with van der Waals surface area (Å²) < 4.78 is 0. The largest absolute Gasteiger partial charge is 0.317 e. The Morgan fingerprint density at radius 1 is 0.765 bits per heavy atom. The number of unbranched alkanes of at least 4 members (excludes halogenated alkanes) is 6. The van der Waals surface area contributed by atoms with E-state index >= 15 is 0 Å². The summed E-state index contributed by atoms with van der Waals surface area (Å²) in [7, 11) is 0. The van der Waals surface area contributed by atoms with Crippen LogP contribution in [0.3, 0.4) is 0 Å². The van der Waals surface area contributed by atoms with Gasteiger partial charge in [0.1, 0.15) is 0 Å². The lowest BCUT2D eigenvalue weighted by atomic mass is 10.0. The molecule has 0 radical (unpaired) electrons. The van der Waals surface area contributed by atoms with E-state index in [-0.39, 0.29) is 0 Å². The lowest BCUT2D eigenvalue weighted by molar-refractivity contribution is 0.472. The van der Waals surface area contributed by atoms with Crippen molar-refractivity contribution in [2.45, 2.75) is 85.0 Å². The topological polar surface area (TPSA) is 12.0 Å². The zero-order valence-electron chi connectivity index (χ0n) is 12.6. The maximum atomic E-state index is 3.56. The Morgan fingerprint density at radius 3 is 1.94 bits per heavy atom. The molecule has 1 N–H and O–H groups in total. The number of nitrogens with one attached hydrogen (secondary N) is 1. The van der Waals surface area contributed by atoms with Crippen molar-refractivity contribution < 1.29 is 0 Å². The van der Waals surface area contributed by atoms with Gasteiger partial charge in [0.25, 0.3) is 0 Å². The Labute approximate surface area is 110 Å². The summed E-state index contributed by atoms with van der Waals surface area (Å²) in [4.78, 5) is 0. The van der Waals surface area contributed by atoms with E-state index in [4.69, 9.17) is 0 Å². The number of rotatable bonds is 13. The molecule has 0 rings (SSSR count).